The molecule has 1 aliphatic carbocycles. The molecule has 4 atom stereocenters. The van der Waals surface area contributed by atoms with Crippen LogP contribution in [0.1, 0.15) is 56.1 Å². The average Bonchev–Trinajstić information content (AvgIpc) is 3.26. The van der Waals surface area contributed by atoms with E-state index in [9.17, 15) is 14.7 Å². The van der Waals surface area contributed by atoms with Crippen LogP contribution < -0.4 is 16.4 Å². The molecule has 6 N–H and O–H groups in total. The van der Waals surface area contributed by atoms with Crippen LogP contribution in [0.5, 0.6) is 5.75 Å². The van der Waals surface area contributed by atoms with Crippen molar-refractivity contribution in [3.8, 4) is 5.75 Å². The molecule has 2 saturated heterocycles. The maximum absolute atomic E-state index is 13.4. The van der Waals surface area contributed by atoms with E-state index in [4.69, 9.17) is 11.1 Å². The fourth-order valence-corrected chi connectivity index (χ4v) is 5.58. The van der Waals surface area contributed by atoms with E-state index in [1.165, 1.54) is 25.3 Å². The van der Waals surface area contributed by atoms with Crippen molar-refractivity contribution in [3.05, 3.63) is 29.3 Å². The molecule has 10 heteroatoms. The summed E-state index contributed by atoms with van der Waals surface area (Å²) in [6.45, 7) is 1.75. The van der Waals surface area contributed by atoms with Crippen molar-refractivity contribution in [2.24, 2.45) is 17.6 Å². The van der Waals surface area contributed by atoms with Gasteiger partial charge in [0.1, 0.15) is 17.6 Å². The molecule has 1 aromatic rings. The number of nitrogens with one attached hydrogen (secondary N) is 3. The average molecular weight is 500 g/mol. The molecule has 2 aliphatic heterocycles. The van der Waals surface area contributed by atoms with Gasteiger partial charge in [-0.05, 0) is 61.8 Å². The van der Waals surface area contributed by atoms with Crippen molar-refractivity contribution in [1.82, 2.24) is 15.5 Å². The normalized spacial score (nSPS) is 26.4. The van der Waals surface area contributed by atoms with Crippen molar-refractivity contribution in [3.63, 3.8) is 0 Å². The molecule has 2 heterocycles. The number of hydrogen-bond donors (Lipinski definition) is 5. The number of rotatable bonds is 5. The third-order valence-electron chi connectivity index (χ3n) is 7.20. The summed E-state index contributed by atoms with van der Waals surface area (Å²) in [5.74, 6) is 0.660. The number of benzene rings is 1. The van der Waals surface area contributed by atoms with Crippen LogP contribution in [-0.4, -0.2) is 52.8 Å². The van der Waals surface area contributed by atoms with Crippen LogP contribution in [0, 0.1) is 17.2 Å². The summed E-state index contributed by atoms with van der Waals surface area (Å²) >= 11 is 0. The minimum absolute atomic E-state index is 0. The van der Waals surface area contributed by atoms with Gasteiger partial charge in [0, 0.05) is 13.1 Å². The summed E-state index contributed by atoms with van der Waals surface area (Å²) in [4.78, 5) is 28.1. The second kappa shape index (κ2) is 11.9. The van der Waals surface area contributed by atoms with Gasteiger partial charge in [-0.2, -0.15) is 0 Å². The van der Waals surface area contributed by atoms with E-state index in [-0.39, 0.29) is 66.4 Å². The van der Waals surface area contributed by atoms with Gasteiger partial charge < -0.3 is 26.4 Å². The van der Waals surface area contributed by atoms with E-state index in [1.807, 2.05) is 0 Å². The van der Waals surface area contributed by atoms with E-state index in [2.05, 4.69) is 10.6 Å². The number of hydrogen-bond acceptors (Lipinski definition) is 5. The summed E-state index contributed by atoms with van der Waals surface area (Å²) in [6.07, 6.45) is 7.42. The predicted octanol–water partition coefficient (Wildman–Crippen LogP) is 2.30. The van der Waals surface area contributed by atoms with Crippen molar-refractivity contribution in [1.29, 1.82) is 5.41 Å². The molecule has 0 aromatic heterocycles. The Morgan fingerprint density at radius 1 is 1.15 bits per heavy atom. The van der Waals surface area contributed by atoms with E-state index in [1.54, 1.807) is 17.0 Å². The first-order chi connectivity index (χ1) is 15.0. The number of phenolic OH excluding ortho intramolecular Hbond substituents is 1. The van der Waals surface area contributed by atoms with Crippen LogP contribution >= 0.6 is 24.8 Å². The molecule has 3 aliphatic rings. The number of piperidine rings is 1. The summed E-state index contributed by atoms with van der Waals surface area (Å²) in [6, 6.07) is 4.19. The Hall–Kier alpha value is -2.03. The van der Waals surface area contributed by atoms with Gasteiger partial charge in [-0.15, -0.1) is 24.8 Å². The van der Waals surface area contributed by atoms with Crippen LogP contribution in [0.15, 0.2) is 18.2 Å². The SMILES string of the molecule is Cl.Cl.N=C(N)c1ccc(CNC(=O)[C@@H]2CCCN2C(=O)[C@@H]2NCC[C@H]3CCCC[C@H]32)cc1O. The Bertz CT molecular complexity index is 866. The van der Waals surface area contributed by atoms with Crippen LogP contribution in [0.25, 0.3) is 0 Å². The Labute approximate surface area is 207 Å². The zero-order valence-electron chi connectivity index (χ0n) is 18.7. The first kappa shape index (κ1) is 27.2. The van der Waals surface area contributed by atoms with Crippen LogP contribution in [0.2, 0.25) is 0 Å². The van der Waals surface area contributed by atoms with Crippen LogP contribution in [-0.2, 0) is 16.1 Å². The van der Waals surface area contributed by atoms with E-state index >= 15 is 0 Å². The van der Waals surface area contributed by atoms with E-state index < -0.39 is 6.04 Å². The number of nitrogens with zero attached hydrogens (tertiary/aromatic N) is 1. The van der Waals surface area contributed by atoms with E-state index in [0.717, 1.165) is 25.8 Å². The minimum atomic E-state index is -0.441. The highest BCUT2D eigenvalue weighted by Crippen LogP contribution is 2.38. The second-order valence-electron chi connectivity index (χ2n) is 9.10. The number of nitrogens with two attached hydrogens (primary N) is 1. The molecule has 0 unspecified atom stereocenters. The van der Waals surface area contributed by atoms with Crippen LogP contribution in [0.3, 0.4) is 0 Å². The van der Waals surface area contributed by atoms with Gasteiger partial charge >= 0.3 is 0 Å². The summed E-state index contributed by atoms with van der Waals surface area (Å²) in [5.41, 5.74) is 6.41. The molecule has 0 bridgehead atoms. The largest absolute Gasteiger partial charge is 0.507 e. The third kappa shape index (κ3) is 5.91. The van der Waals surface area contributed by atoms with Crippen molar-refractivity contribution >= 4 is 42.5 Å². The minimum Gasteiger partial charge on any atom is -0.507 e. The number of nitrogen functional groups attached to an aromatic ring is 1. The third-order valence-corrected chi connectivity index (χ3v) is 7.20. The Morgan fingerprint density at radius 2 is 1.91 bits per heavy atom. The number of fused-ring (bicyclic) bond motifs is 1. The quantitative estimate of drug-likeness (QED) is 0.313. The highest BCUT2D eigenvalue weighted by atomic mass is 35.5. The summed E-state index contributed by atoms with van der Waals surface area (Å²) in [7, 11) is 0. The molecule has 1 aromatic carbocycles. The molecule has 8 nitrogen and oxygen atoms in total. The molecule has 2 amide bonds. The Balaban J connectivity index is 0.00000193. The number of aromatic hydroxyl groups is 1. The molecular formula is C23H35Cl2N5O3. The van der Waals surface area contributed by atoms with Crippen molar-refractivity contribution < 1.29 is 14.7 Å². The van der Waals surface area contributed by atoms with Crippen LogP contribution in [0.4, 0.5) is 0 Å². The van der Waals surface area contributed by atoms with E-state index in [0.29, 0.717) is 30.4 Å². The highest BCUT2D eigenvalue weighted by Gasteiger charge is 2.43. The lowest BCUT2D eigenvalue weighted by Gasteiger charge is -2.43. The zero-order valence-corrected chi connectivity index (χ0v) is 20.4. The summed E-state index contributed by atoms with van der Waals surface area (Å²) in [5, 5.41) is 23.8. The van der Waals surface area contributed by atoms with Gasteiger partial charge in [0.25, 0.3) is 0 Å². The number of halogens is 2. The molecule has 3 fully saturated rings. The maximum Gasteiger partial charge on any atom is 0.243 e. The first-order valence-electron chi connectivity index (χ1n) is 11.4. The fourth-order valence-electron chi connectivity index (χ4n) is 5.58. The Morgan fingerprint density at radius 3 is 2.64 bits per heavy atom. The molecule has 0 spiro atoms. The summed E-state index contributed by atoms with van der Waals surface area (Å²) < 4.78 is 0. The van der Waals surface area contributed by atoms with Gasteiger partial charge in [0.15, 0.2) is 0 Å². The maximum atomic E-state index is 13.4. The number of likely N-dealkylation sites (tertiary alicyclic amines) is 1. The first-order valence-corrected chi connectivity index (χ1v) is 11.4. The number of phenols is 1. The molecule has 184 valence electrons. The Kier molecular flexibility index (Phi) is 9.82. The lowest BCUT2D eigenvalue weighted by molar-refractivity contribution is -0.142. The van der Waals surface area contributed by atoms with Crippen molar-refractivity contribution in [2.75, 3.05) is 13.1 Å². The molecular weight excluding hydrogens is 465 g/mol. The second-order valence-corrected chi connectivity index (χ2v) is 9.10. The monoisotopic (exact) mass is 499 g/mol. The molecule has 1 saturated carbocycles. The number of amidine groups is 1. The number of amides is 2. The van der Waals surface area contributed by atoms with Crippen molar-refractivity contribution in [2.45, 2.75) is 63.6 Å². The van der Waals surface area contributed by atoms with Gasteiger partial charge in [0.2, 0.25) is 11.8 Å². The predicted molar refractivity (Wildman–Crippen MR) is 132 cm³/mol. The van der Waals surface area contributed by atoms with Gasteiger partial charge in [0.05, 0.1) is 11.6 Å². The highest BCUT2D eigenvalue weighted by molar-refractivity contribution is 5.97. The van der Waals surface area contributed by atoms with Gasteiger partial charge in [-0.3, -0.25) is 15.0 Å². The standard InChI is InChI=1S/C23H33N5O3.2ClH/c24-21(25)17-8-7-14(12-19(17)29)13-27-22(30)18-6-3-11-28(18)23(31)20-16-5-2-1-4-15(16)9-10-26-20;;/h7-8,12,15-16,18,20,26,29H,1-6,9-11,13H2,(H3,24,25)(H,27,30);2*1H/t15-,16-,18+,20-;;/m1../s1. The zero-order chi connectivity index (χ0) is 22.0. The molecule has 0 radical (unpaired) electrons. The fraction of sp³-hybridized carbons (Fsp3) is 0.609. The smallest absolute Gasteiger partial charge is 0.243 e. The number of carbonyl (C=O) groups excluding carboxylic acids is 2. The number of carbonyl (C=O) groups is 2. The lowest BCUT2D eigenvalue weighted by atomic mass is 9.71. The lowest BCUT2D eigenvalue weighted by Crippen LogP contribution is -2.58. The van der Waals surface area contributed by atoms with Gasteiger partial charge in [-0.1, -0.05) is 25.3 Å². The molecule has 4 rings (SSSR count). The molecule has 33 heavy (non-hydrogen) atoms. The van der Waals surface area contributed by atoms with Gasteiger partial charge in [-0.25, -0.2) is 0 Å². The topological polar surface area (TPSA) is 132 Å².